The Labute approximate surface area is 331 Å². The highest BCUT2D eigenvalue weighted by atomic mass is 16.5. The zero-order valence-corrected chi connectivity index (χ0v) is 32.9. The molecule has 0 fully saturated rings. The number of aryl methyl sites for hydroxylation is 2. The molecule has 11 nitrogen and oxygen atoms in total. The van der Waals surface area contributed by atoms with Crippen molar-refractivity contribution in [2.75, 3.05) is 39.3 Å². The van der Waals surface area contributed by atoms with Gasteiger partial charge in [-0.05, 0) is 105 Å². The third kappa shape index (κ3) is 7.95. The molecule has 5 aromatic rings. The third-order valence-corrected chi connectivity index (χ3v) is 9.88. The third-order valence-electron chi connectivity index (χ3n) is 9.88. The van der Waals surface area contributed by atoms with Gasteiger partial charge in [0, 0.05) is 58.5 Å². The predicted molar refractivity (Wildman–Crippen MR) is 223 cm³/mol. The molecule has 0 atom stereocenters. The molecule has 1 aliphatic heterocycles. The summed E-state index contributed by atoms with van der Waals surface area (Å²) in [6.07, 6.45) is -0.109. The Balaban J connectivity index is 1.16. The van der Waals surface area contributed by atoms with Gasteiger partial charge in [0.15, 0.2) is 5.76 Å². The number of carbonyl (C=O) groups is 2. The van der Waals surface area contributed by atoms with E-state index in [-0.39, 0.29) is 24.9 Å². The van der Waals surface area contributed by atoms with Crippen molar-refractivity contribution >= 4 is 28.5 Å². The summed E-state index contributed by atoms with van der Waals surface area (Å²) < 4.78 is 23.0. The first-order valence-corrected chi connectivity index (χ1v) is 18.9. The predicted octanol–water partition coefficient (Wildman–Crippen LogP) is 8.56. The Morgan fingerprint density at radius 3 is 2.16 bits per heavy atom. The number of fused-ring (bicyclic) bond motifs is 2. The molecule has 1 aliphatic carbocycles. The second-order valence-corrected chi connectivity index (χ2v) is 13.6. The second-order valence-electron chi connectivity index (χ2n) is 13.6. The van der Waals surface area contributed by atoms with Gasteiger partial charge in [-0.1, -0.05) is 35.5 Å². The summed E-state index contributed by atoms with van der Waals surface area (Å²) in [5.74, 6) is 1.76. The van der Waals surface area contributed by atoms with E-state index in [1.165, 1.54) is 0 Å². The van der Waals surface area contributed by atoms with Gasteiger partial charge < -0.3 is 34.4 Å². The van der Waals surface area contributed by atoms with Gasteiger partial charge in [-0.25, -0.2) is 0 Å². The van der Waals surface area contributed by atoms with Crippen molar-refractivity contribution in [1.29, 1.82) is 0 Å². The van der Waals surface area contributed by atoms with E-state index in [2.05, 4.69) is 52.1 Å². The van der Waals surface area contributed by atoms with E-state index < -0.39 is 0 Å². The Bertz CT molecular complexity index is 2610. The van der Waals surface area contributed by atoms with Crippen LogP contribution in [0.25, 0.3) is 55.8 Å². The highest BCUT2D eigenvalue weighted by Crippen LogP contribution is 2.43. The van der Waals surface area contributed by atoms with Crippen molar-refractivity contribution in [2.24, 2.45) is 4.99 Å². The van der Waals surface area contributed by atoms with Crippen LogP contribution < -0.4 is 30.8 Å². The van der Waals surface area contributed by atoms with Crippen molar-refractivity contribution in [3.63, 3.8) is 0 Å². The molecule has 0 spiro atoms. The average Bonchev–Trinajstić information content (AvgIpc) is 3.64. The molecule has 57 heavy (non-hydrogen) atoms. The molecule has 2 aliphatic rings. The zero-order valence-electron chi connectivity index (χ0n) is 32.9. The Morgan fingerprint density at radius 1 is 0.772 bits per heavy atom. The summed E-state index contributed by atoms with van der Waals surface area (Å²) in [5.41, 5.74) is 9.53. The number of aromatic nitrogens is 1. The van der Waals surface area contributed by atoms with Crippen LogP contribution in [-0.2, 0) is 11.2 Å². The zero-order chi connectivity index (χ0) is 40.1. The van der Waals surface area contributed by atoms with Crippen molar-refractivity contribution in [1.82, 2.24) is 15.8 Å². The maximum atomic E-state index is 14.0. The van der Waals surface area contributed by atoms with Gasteiger partial charge in [0.2, 0.25) is 5.91 Å². The summed E-state index contributed by atoms with van der Waals surface area (Å²) in [6.45, 7) is 9.44. The number of nitrogens with one attached hydrogen (secondary N) is 3. The highest BCUT2D eigenvalue weighted by Gasteiger charge is 2.24. The summed E-state index contributed by atoms with van der Waals surface area (Å²) >= 11 is 0. The summed E-state index contributed by atoms with van der Waals surface area (Å²) in [4.78, 5) is 32.1. The smallest absolute Gasteiger partial charge is 0.253 e. The van der Waals surface area contributed by atoms with Gasteiger partial charge in [-0.3, -0.25) is 14.6 Å². The summed E-state index contributed by atoms with van der Waals surface area (Å²) in [5, 5.41) is 15.3. The molecule has 0 radical (unpaired) electrons. The fraction of sp³-hybridized carbons (Fsp3) is 0.217. The molecule has 0 saturated carbocycles. The average molecular weight is 764 g/mol. The number of ether oxygens (including phenoxy) is 2. The number of rotatable bonds is 13. The van der Waals surface area contributed by atoms with E-state index in [1.54, 1.807) is 20.3 Å². The number of hydrogen-bond donors (Lipinski definition) is 3. The summed E-state index contributed by atoms with van der Waals surface area (Å²) in [6, 6.07) is 30.6. The van der Waals surface area contributed by atoms with Gasteiger partial charge in [0.25, 0.3) is 5.91 Å². The standard InChI is InChI=1S/C46H45N5O6/c1-7-47-37-23-39-35(21-27(37)3)44(36-22-28(4)38(48-8-2)24-40(36)56-39)33-11-9-10-12-34(33)46(53)50-26-49-42(52)25-41-43(29-13-17-31(54-5)18-14-29)45(51-57-41)30-15-19-32(55-6)20-16-30/h9-24,47H,7-8,25-26H2,1-6H3,(H,49,52)(H,50,53). The van der Waals surface area contributed by atoms with E-state index in [0.717, 1.165) is 61.9 Å². The molecule has 3 N–H and O–H groups in total. The number of nitrogens with zero attached hydrogens (tertiary/aromatic N) is 2. The van der Waals surface area contributed by atoms with Crippen molar-refractivity contribution in [2.45, 2.75) is 34.1 Å². The van der Waals surface area contributed by atoms with Gasteiger partial charge in [-0.2, -0.15) is 0 Å². The summed E-state index contributed by atoms with van der Waals surface area (Å²) in [7, 11) is 3.21. The number of amides is 2. The Morgan fingerprint density at radius 2 is 1.47 bits per heavy atom. The topological polar surface area (TPSA) is 140 Å². The van der Waals surface area contributed by atoms with Crippen LogP contribution in [0.3, 0.4) is 0 Å². The first-order valence-electron chi connectivity index (χ1n) is 18.9. The van der Waals surface area contributed by atoms with Crippen LogP contribution in [0.2, 0.25) is 0 Å². The minimum absolute atomic E-state index is 0.109. The van der Waals surface area contributed by atoms with Crippen LogP contribution in [0.4, 0.5) is 5.69 Å². The SMILES string of the molecule is CCN=c1cc2oc3cc(NCC)c(C)cc3c(-c3ccccc3C(=O)NCNC(=O)Cc3onc(-c4ccc(OC)cc4)c3-c3ccc(OC)cc3)c-2cc1C. The fourth-order valence-electron chi connectivity index (χ4n) is 7.07. The number of hydrogen-bond acceptors (Lipinski definition) is 9. The lowest BCUT2D eigenvalue weighted by Crippen LogP contribution is -2.38. The first-order chi connectivity index (χ1) is 27.7. The molecule has 0 saturated heterocycles. The highest BCUT2D eigenvalue weighted by molar-refractivity contribution is 6.09. The number of anilines is 1. The lowest BCUT2D eigenvalue weighted by Gasteiger charge is -2.20. The maximum Gasteiger partial charge on any atom is 0.253 e. The largest absolute Gasteiger partial charge is 0.497 e. The van der Waals surface area contributed by atoms with E-state index in [1.807, 2.05) is 92.7 Å². The Kier molecular flexibility index (Phi) is 11.4. The molecule has 0 unspecified atom stereocenters. The monoisotopic (exact) mass is 763 g/mol. The molecule has 1 aromatic heterocycles. The number of methoxy groups -OCH3 is 2. The molecule has 4 aromatic carbocycles. The molecule has 2 amide bonds. The van der Waals surface area contributed by atoms with Crippen molar-refractivity contribution < 1.29 is 28.0 Å². The quantitative estimate of drug-likeness (QED) is 0.0784. The maximum absolute atomic E-state index is 14.0. The van der Waals surface area contributed by atoms with E-state index in [9.17, 15) is 9.59 Å². The van der Waals surface area contributed by atoms with E-state index >= 15 is 0 Å². The molecular formula is C46H45N5O6. The van der Waals surface area contributed by atoms with Crippen LogP contribution >= 0.6 is 0 Å². The lowest BCUT2D eigenvalue weighted by molar-refractivity contribution is -0.120. The molecular weight excluding hydrogens is 719 g/mol. The molecule has 2 heterocycles. The van der Waals surface area contributed by atoms with Crippen LogP contribution in [0.15, 0.2) is 111 Å². The number of benzene rings is 5. The minimum Gasteiger partial charge on any atom is -0.497 e. The lowest BCUT2D eigenvalue weighted by atomic mass is 9.89. The Hall–Kier alpha value is -6.88. The van der Waals surface area contributed by atoms with Crippen LogP contribution in [0, 0.1) is 13.8 Å². The van der Waals surface area contributed by atoms with Crippen molar-refractivity contribution in [3.05, 3.63) is 125 Å². The van der Waals surface area contributed by atoms with E-state index in [0.29, 0.717) is 52.0 Å². The molecule has 11 heteroatoms. The molecule has 0 bridgehead atoms. The number of carbonyl (C=O) groups excluding carboxylic acids is 2. The minimum atomic E-state index is -0.354. The molecule has 290 valence electrons. The van der Waals surface area contributed by atoms with Crippen LogP contribution in [-0.4, -0.2) is 50.9 Å². The first kappa shape index (κ1) is 38.4. The van der Waals surface area contributed by atoms with Crippen LogP contribution in [0.5, 0.6) is 11.5 Å². The van der Waals surface area contributed by atoms with Gasteiger partial charge in [0.05, 0.1) is 38.2 Å². The van der Waals surface area contributed by atoms with Gasteiger partial charge in [-0.15, -0.1) is 0 Å². The second kappa shape index (κ2) is 16.9. The van der Waals surface area contributed by atoms with Crippen LogP contribution in [0.1, 0.15) is 41.1 Å². The van der Waals surface area contributed by atoms with Crippen molar-refractivity contribution in [3.8, 4) is 56.3 Å². The normalized spacial score (nSPS) is 11.5. The fourth-order valence-corrected chi connectivity index (χ4v) is 7.07. The van der Waals surface area contributed by atoms with Gasteiger partial charge in [0.1, 0.15) is 28.5 Å². The van der Waals surface area contributed by atoms with Gasteiger partial charge >= 0.3 is 0 Å². The van der Waals surface area contributed by atoms with E-state index in [4.69, 9.17) is 18.4 Å². The molecule has 7 rings (SSSR count).